The smallest absolute Gasteiger partial charge is 0.258 e. The van der Waals surface area contributed by atoms with Gasteiger partial charge < -0.3 is 0 Å². The number of nitro groups is 1. The maximum absolute atomic E-state index is 11.4. The van der Waals surface area contributed by atoms with Gasteiger partial charge in [0.15, 0.2) is 0 Å². The number of nitrogens with zero attached hydrogens (tertiary/aromatic N) is 3. The van der Waals surface area contributed by atoms with Crippen molar-refractivity contribution >= 4 is 29.5 Å². The fourth-order valence-corrected chi connectivity index (χ4v) is 2.64. The number of aliphatic imine (C=N–C) groups is 2. The third-order valence-electron chi connectivity index (χ3n) is 3.96. The van der Waals surface area contributed by atoms with Crippen LogP contribution in [0.2, 0.25) is 0 Å². The molecule has 0 N–H and O–H groups in total. The molecule has 134 valence electrons. The van der Waals surface area contributed by atoms with Crippen LogP contribution in [-0.2, 0) is 0 Å². The zero-order chi connectivity index (χ0) is 19.2. The number of benzene rings is 3. The lowest BCUT2D eigenvalue weighted by Gasteiger charge is -2.00. The monoisotopic (exact) mass is 357 g/mol. The predicted octanol–water partition coefficient (Wildman–Crippen LogP) is 5.71. The van der Waals surface area contributed by atoms with E-state index in [0.717, 1.165) is 22.3 Å². The number of aryl methyl sites for hydroxylation is 2. The maximum atomic E-state index is 11.4. The summed E-state index contributed by atoms with van der Waals surface area (Å²) in [6.45, 7) is 3.99. The van der Waals surface area contributed by atoms with Gasteiger partial charge in [-0.25, -0.2) is 4.99 Å². The molecular formula is C22H19N3O2. The molecule has 0 atom stereocenters. The van der Waals surface area contributed by atoms with Crippen molar-refractivity contribution in [1.29, 1.82) is 0 Å². The second kappa shape index (κ2) is 8.19. The third-order valence-corrected chi connectivity index (χ3v) is 3.96. The molecule has 0 aliphatic carbocycles. The Balaban J connectivity index is 1.87. The van der Waals surface area contributed by atoms with Crippen LogP contribution in [0.25, 0.3) is 0 Å². The summed E-state index contributed by atoms with van der Waals surface area (Å²) < 4.78 is 0. The topological polar surface area (TPSA) is 67.9 Å². The van der Waals surface area contributed by atoms with E-state index in [4.69, 9.17) is 0 Å². The Morgan fingerprint density at radius 1 is 0.815 bits per heavy atom. The van der Waals surface area contributed by atoms with Crippen molar-refractivity contribution in [3.8, 4) is 0 Å². The highest BCUT2D eigenvalue weighted by Gasteiger charge is 2.13. The fraction of sp³-hybridized carbons (Fsp3) is 0.0909. The number of hydrogen-bond donors (Lipinski definition) is 0. The van der Waals surface area contributed by atoms with Gasteiger partial charge in [0.2, 0.25) is 0 Å². The van der Waals surface area contributed by atoms with E-state index < -0.39 is 4.92 Å². The van der Waals surface area contributed by atoms with Gasteiger partial charge in [0.05, 0.1) is 10.6 Å². The molecule has 5 nitrogen and oxygen atoms in total. The van der Waals surface area contributed by atoms with E-state index in [-0.39, 0.29) is 5.69 Å². The van der Waals surface area contributed by atoms with Crippen molar-refractivity contribution in [1.82, 2.24) is 0 Å². The molecule has 3 rings (SSSR count). The Morgan fingerprint density at radius 3 is 1.96 bits per heavy atom. The highest BCUT2D eigenvalue weighted by atomic mass is 16.6. The second-order valence-electron chi connectivity index (χ2n) is 6.27. The molecule has 0 spiro atoms. The van der Waals surface area contributed by atoms with Gasteiger partial charge >= 0.3 is 0 Å². The highest BCUT2D eigenvalue weighted by Crippen LogP contribution is 2.31. The minimum absolute atomic E-state index is 0.0715. The molecule has 0 heterocycles. The Bertz CT molecular complexity index is 1040. The Morgan fingerprint density at radius 2 is 1.41 bits per heavy atom. The fourth-order valence-electron chi connectivity index (χ4n) is 2.64. The van der Waals surface area contributed by atoms with Crippen molar-refractivity contribution in [2.45, 2.75) is 13.8 Å². The van der Waals surface area contributed by atoms with Crippen LogP contribution in [0.4, 0.5) is 17.1 Å². The van der Waals surface area contributed by atoms with Gasteiger partial charge in [0.25, 0.3) is 5.69 Å². The van der Waals surface area contributed by atoms with E-state index in [0.29, 0.717) is 11.4 Å². The molecule has 5 heteroatoms. The lowest BCUT2D eigenvalue weighted by molar-refractivity contribution is -0.384. The standard InChI is InChI=1S/C22H19N3O2/c1-16-5-3-7-18(11-16)14-23-20-9-10-21(22(13-20)25(26)27)24-15-19-8-4-6-17(2)12-19/h3-15H,1-2H3. The Labute approximate surface area is 157 Å². The van der Waals surface area contributed by atoms with E-state index in [1.807, 2.05) is 62.4 Å². The van der Waals surface area contributed by atoms with Crippen molar-refractivity contribution < 1.29 is 4.92 Å². The van der Waals surface area contributed by atoms with E-state index in [2.05, 4.69) is 9.98 Å². The zero-order valence-electron chi connectivity index (χ0n) is 15.2. The Kier molecular flexibility index (Phi) is 5.52. The van der Waals surface area contributed by atoms with Gasteiger partial charge in [-0.3, -0.25) is 15.1 Å². The predicted molar refractivity (Wildman–Crippen MR) is 110 cm³/mol. The normalized spacial score (nSPS) is 11.3. The van der Waals surface area contributed by atoms with E-state index >= 15 is 0 Å². The molecule has 0 aliphatic heterocycles. The van der Waals surface area contributed by atoms with Crippen molar-refractivity contribution in [3.05, 3.63) is 99.1 Å². The SMILES string of the molecule is Cc1cccc(C=Nc2ccc(N=Cc3cccc(C)c3)c([N+](=O)[O-])c2)c1. The number of nitro benzene ring substituents is 1. The number of rotatable bonds is 5. The maximum Gasteiger partial charge on any atom is 0.296 e. The van der Waals surface area contributed by atoms with Gasteiger partial charge in [-0.15, -0.1) is 0 Å². The number of hydrogen-bond acceptors (Lipinski definition) is 4. The van der Waals surface area contributed by atoms with Crippen molar-refractivity contribution in [2.24, 2.45) is 9.98 Å². The molecule has 3 aromatic rings. The van der Waals surface area contributed by atoms with Crippen LogP contribution in [0, 0.1) is 24.0 Å². The molecule has 0 radical (unpaired) electrons. The molecule has 0 aliphatic rings. The molecule has 0 saturated heterocycles. The third kappa shape index (κ3) is 4.95. The summed E-state index contributed by atoms with van der Waals surface area (Å²) in [5, 5.41) is 11.4. The summed E-state index contributed by atoms with van der Waals surface area (Å²) in [6.07, 6.45) is 3.33. The zero-order valence-corrected chi connectivity index (χ0v) is 15.2. The summed E-state index contributed by atoms with van der Waals surface area (Å²) in [6, 6.07) is 20.5. The molecule has 0 unspecified atom stereocenters. The molecule has 3 aromatic carbocycles. The molecule has 0 amide bonds. The van der Waals surface area contributed by atoms with Gasteiger partial charge in [0, 0.05) is 18.5 Å². The summed E-state index contributed by atoms with van der Waals surface area (Å²) in [4.78, 5) is 19.6. The summed E-state index contributed by atoms with van der Waals surface area (Å²) in [5.74, 6) is 0. The second-order valence-corrected chi connectivity index (χ2v) is 6.27. The summed E-state index contributed by atoms with van der Waals surface area (Å²) in [5.41, 5.74) is 4.82. The van der Waals surface area contributed by atoms with E-state index in [1.54, 1.807) is 24.6 Å². The van der Waals surface area contributed by atoms with Gasteiger partial charge in [-0.05, 0) is 37.1 Å². The Hall–Kier alpha value is -3.60. The first kappa shape index (κ1) is 18.2. The quantitative estimate of drug-likeness (QED) is 0.333. The average molecular weight is 357 g/mol. The molecule has 0 bridgehead atoms. The van der Waals surface area contributed by atoms with Crippen LogP contribution in [-0.4, -0.2) is 17.4 Å². The lowest BCUT2D eigenvalue weighted by Crippen LogP contribution is -1.89. The van der Waals surface area contributed by atoms with E-state index in [9.17, 15) is 10.1 Å². The minimum atomic E-state index is -0.436. The first-order valence-corrected chi connectivity index (χ1v) is 8.51. The molecular weight excluding hydrogens is 338 g/mol. The molecule has 0 saturated carbocycles. The lowest BCUT2D eigenvalue weighted by atomic mass is 10.1. The van der Waals surface area contributed by atoms with Crippen LogP contribution in [0.1, 0.15) is 22.3 Å². The van der Waals surface area contributed by atoms with Crippen LogP contribution in [0.3, 0.4) is 0 Å². The van der Waals surface area contributed by atoms with Crippen LogP contribution in [0.15, 0.2) is 76.7 Å². The first-order valence-electron chi connectivity index (χ1n) is 8.51. The minimum Gasteiger partial charge on any atom is -0.258 e. The van der Waals surface area contributed by atoms with Crippen molar-refractivity contribution in [3.63, 3.8) is 0 Å². The van der Waals surface area contributed by atoms with Gasteiger partial charge in [-0.1, -0.05) is 59.7 Å². The summed E-state index contributed by atoms with van der Waals surface area (Å²) in [7, 11) is 0. The molecule has 27 heavy (non-hydrogen) atoms. The van der Waals surface area contributed by atoms with Gasteiger partial charge in [-0.2, -0.15) is 0 Å². The highest BCUT2D eigenvalue weighted by molar-refractivity contribution is 5.85. The van der Waals surface area contributed by atoms with Gasteiger partial charge in [0.1, 0.15) is 5.69 Å². The average Bonchev–Trinajstić information content (AvgIpc) is 2.65. The van der Waals surface area contributed by atoms with Crippen LogP contribution < -0.4 is 0 Å². The largest absolute Gasteiger partial charge is 0.296 e. The van der Waals surface area contributed by atoms with Crippen LogP contribution in [0.5, 0.6) is 0 Å². The van der Waals surface area contributed by atoms with E-state index in [1.165, 1.54) is 6.07 Å². The van der Waals surface area contributed by atoms with Crippen LogP contribution >= 0.6 is 0 Å². The first-order chi connectivity index (χ1) is 13.0. The molecule has 0 fully saturated rings. The van der Waals surface area contributed by atoms with Crippen molar-refractivity contribution in [2.75, 3.05) is 0 Å². The molecule has 0 aromatic heterocycles. The summed E-state index contributed by atoms with van der Waals surface area (Å²) >= 11 is 0.